The SMILES string of the molecule is CCCCCc1nc(N)sc1[N+](=O)[O-]. The molecule has 0 amide bonds. The first-order chi connectivity index (χ1) is 6.65. The van der Waals surface area contributed by atoms with Gasteiger partial charge in [-0.2, -0.15) is 0 Å². The number of anilines is 1. The fourth-order valence-electron chi connectivity index (χ4n) is 1.21. The molecule has 0 saturated heterocycles. The third-order valence-electron chi connectivity index (χ3n) is 1.88. The van der Waals surface area contributed by atoms with E-state index in [-0.39, 0.29) is 10.1 Å². The summed E-state index contributed by atoms with van der Waals surface area (Å²) in [6.07, 6.45) is 3.74. The predicted molar refractivity (Wildman–Crippen MR) is 56.4 cm³/mol. The molecule has 0 unspecified atom stereocenters. The molecular formula is C8H13N3O2S. The van der Waals surface area contributed by atoms with Gasteiger partial charge in [-0.15, -0.1) is 0 Å². The maximum Gasteiger partial charge on any atom is 0.348 e. The Bertz CT molecular complexity index is 324. The topological polar surface area (TPSA) is 82.0 Å². The molecule has 0 spiro atoms. The molecule has 0 radical (unpaired) electrons. The van der Waals surface area contributed by atoms with Gasteiger partial charge < -0.3 is 5.73 Å². The fraction of sp³-hybridized carbons (Fsp3) is 0.625. The van der Waals surface area contributed by atoms with Gasteiger partial charge in [0, 0.05) is 0 Å². The highest BCUT2D eigenvalue weighted by atomic mass is 32.1. The van der Waals surface area contributed by atoms with E-state index >= 15 is 0 Å². The molecule has 0 aromatic carbocycles. The summed E-state index contributed by atoms with van der Waals surface area (Å²) >= 11 is 0.948. The first-order valence-electron chi connectivity index (χ1n) is 4.54. The first kappa shape index (κ1) is 10.9. The van der Waals surface area contributed by atoms with Gasteiger partial charge in [-0.3, -0.25) is 10.1 Å². The monoisotopic (exact) mass is 215 g/mol. The summed E-state index contributed by atoms with van der Waals surface area (Å²) in [6, 6.07) is 0. The van der Waals surface area contributed by atoms with Crippen molar-refractivity contribution >= 4 is 21.5 Å². The molecule has 78 valence electrons. The van der Waals surface area contributed by atoms with Gasteiger partial charge in [-0.05, 0) is 24.2 Å². The molecule has 0 aliphatic rings. The van der Waals surface area contributed by atoms with Crippen LogP contribution in [0.15, 0.2) is 0 Å². The van der Waals surface area contributed by atoms with Crippen LogP contribution in [0.1, 0.15) is 31.9 Å². The van der Waals surface area contributed by atoms with Gasteiger partial charge in [0.15, 0.2) is 5.13 Å². The van der Waals surface area contributed by atoms with Crippen LogP contribution in [0.5, 0.6) is 0 Å². The average Bonchev–Trinajstić information content (AvgIpc) is 2.47. The van der Waals surface area contributed by atoms with E-state index in [1.807, 2.05) is 0 Å². The second-order valence-electron chi connectivity index (χ2n) is 3.02. The molecule has 0 bridgehead atoms. The molecule has 6 heteroatoms. The minimum Gasteiger partial charge on any atom is -0.375 e. The summed E-state index contributed by atoms with van der Waals surface area (Å²) in [7, 11) is 0. The lowest BCUT2D eigenvalue weighted by Crippen LogP contribution is -1.93. The molecule has 2 N–H and O–H groups in total. The Morgan fingerprint density at radius 3 is 2.86 bits per heavy atom. The zero-order valence-electron chi connectivity index (χ0n) is 8.02. The molecule has 0 atom stereocenters. The number of hydrogen-bond donors (Lipinski definition) is 1. The van der Waals surface area contributed by atoms with Gasteiger partial charge in [0.1, 0.15) is 5.69 Å². The molecule has 0 aliphatic carbocycles. The second kappa shape index (κ2) is 4.90. The van der Waals surface area contributed by atoms with E-state index in [0.717, 1.165) is 30.6 Å². The van der Waals surface area contributed by atoms with Crippen molar-refractivity contribution in [3.8, 4) is 0 Å². The largest absolute Gasteiger partial charge is 0.375 e. The van der Waals surface area contributed by atoms with Crippen LogP contribution in [-0.4, -0.2) is 9.91 Å². The van der Waals surface area contributed by atoms with Gasteiger partial charge in [0.2, 0.25) is 0 Å². The Morgan fingerprint density at radius 1 is 1.57 bits per heavy atom. The highest BCUT2D eigenvalue weighted by molar-refractivity contribution is 7.18. The highest BCUT2D eigenvalue weighted by Gasteiger charge is 2.19. The third-order valence-corrected chi connectivity index (χ3v) is 2.75. The van der Waals surface area contributed by atoms with Gasteiger partial charge >= 0.3 is 5.00 Å². The zero-order chi connectivity index (χ0) is 10.6. The van der Waals surface area contributed by atoms with Gasteiger partial charge in [-0.1, -0.05) is 19.8 Å². The number of nitrogens with zero attached hydrogens (tertiary/aromatic N) is 2. The Labute approximate surface area is 86.1 Å². The van der Waals surface area contributed by atoms with E-state index in [4.69, 9.17) is 5.73 Å². The maximum atomic E-state index is 10.6. The van der Waals surface area contributed by atoms with Crippen molar-refractivity contribution in [1.82, 2.24) is 4.98 Å². The Balaban J connectivity index is 2.69. The second-order valence-corrected chi connectivity index (χ2v) is 4.03. The Hall–Kier alpha value is -1.17. The standard InChI is InChI=1S/C8H13N3O2S/c1-2-3-4-5-6-7(11(12)13)14-8(9)10-6/h2-5H2,1H3,(H2,9,10). The average molecular weight is 215 g/mol. The normalized spacial score (nSPS) is 10.4. The summed E-state index contributed by atoms with van der Waals surface area (Å²) in [5.41, 5.74) is 5.96. The van der Waals surface area contributed by atoms with Gasteiger partial charge in [0.25, 0.3) is 0 Å². The van der Waals surface area contributed by atoms with Crippen LogP contribution in [0.3, 0.4) is 0 Å². The van der Waals surface area contributed by atoms with Crippen LogP contribution in [0, 0.1) is 10.1 Å². The first-order valence-corrected chi connectivity index (χ1v) is 5.36. The molecule has 0 fully saturated rings. The summed E-state index contributed by atoms with van der Waals surface area (Å²) in [5.74, 6) is 0. The van der Waals surface area contributed by atoms with Crippen LogP contribution in [0.4, 0.5) is 10.1 Å². The van der Waals surface area contributed by atoms with E-state index in [0.29, 0.717) is 12.1 Å². The number of aryl methyl sites for hydroxylation is 1. The number of unbranched alkanes of at least 4 members (excludes halogenated alkanes) is 2. The number of rotatable bonds is 5. The van der Waals surface area contributed by atoms with Crippen LogP contribution in [-0.2, 0) is 6.42 Å². The minimum absolute atomic E-state index is 0.0959. The highest BCUT2D eigenvalue weighted by Crippen LogP contribution is 2.29. The smallest absolute Gasteiger partial charge is 0.348 e. The molecule has 1 aromatic heterocycles. The predicted octanol–water partition coefficient (Wildman–Crippen LogP) is 2.37. The minimum atomic E-state index is -0.407. The fourth-order valence-corrected chi connectivity index (χ4v) is 1.90. The molecule has 0 saturated carbocycles. The van der Waals surface area contributed by atoms with Crippen molar-refractivity contribution in [3.05, 3.63) is 15.8 Å². The van der Waals surface area contributed by atoms with Crippen molar-refractivity contribution in [2.24, 2.45) is 0 Å². The summed E-state index contributed by atoms with van der Waals surface area (Å²) < 4.78 is 0. The number of hydrogen-bond acceptors (Lipinski definition) is 5. The van der Waals surface area contributed by atoms with E-state index in [2.05, 4.69) is 11.9 Å². The molecule has 1 rings (SSSR count). The number of nitrogen functional groups attached to an aromatic ring is 1. The lowest BCUT2D eigenvalue weighted by molar-refractivity contribution is -0.381. The number of nitro groups is 1. The molecule has 1 heterocycles. The summed E-state index contributed by atoms with van der Waals surface area (Å²) in [5, 5.41) is 11.0. The van der Waals surface area contributed by atoms with Crippen LogP contribution in [0.2, 0.25) is 0 Å². The molecular weight excluding hydrogens is 202 g/mol. The van der Waals surface area contributed by atoms with Crippen molar-refractivity contribution in [2.75, 3.05) is 5.73 Å². The third kappa shape index (κ3) is 2.66. The lowest BCUT2D eigenvalue weighted by Gasteiger charge is -1.94. The van der Waals surface area contributed by atoms with E-state index in [1.165, 1.54) is 0 Å². The summed E-state index contributed by atoms with van der Waals surface area (Å²) in [4.78, 5) is 14.1. The summed E-state index contributed by atoms with van der Waals surface area (Å²) in [6.45, 7) is 2.09. The molecule has 1 aromatic rings. The molecule has 14 heavy (non-hydrogen) atoms. The van der Waals surface area contributed by atoms with Crippen LogP contribution in [0.25, 0.3) is 0 Å². The quantitative estimate of drug-likeness (QED) is 0.464. The number of nitrogens with two attached hydrogens (primary N) is 1. The van der Waals surface area contributed by atoms with Gasteiger partial charge in [-0.25, -0.2) is 4.98 Å². The van der Waals surface area contributed by atoms with Gasteiger partial charge in [0.05, 0.1) is 4.92 Å². The van der Waals surface area contributed by atoms with Crippen molar-refractivity contribution in [3.63, 3.8) is 0 Å². The Kier molecular flexibility index (Phi) is 3.82. The van der Waals surface area contributed by atoms with Crippen molar-refractivity contribution in [1.29, 1.82) is 0 Å². The zero-order valence-corrected chi connectivity index (χ0v) is 8.84. The van der Waals surface area contributed by atoms with Crippen LogP contribution >= 0.6 is 11.3 Å². The Morgan fingerprint density at radius 2 is 2.29 bits per heavy atom. The number of thiazole rings is 1. The molecule has 5 nitrogen and oxygen atoms in total. The lowest BCUT2D eigenvalue weighted by atomic mass is 10.2. The maximum absolute atomic E-state index is 10.6. The number of aromatic nitrogens is 1. The molecule has 0 aliphatic heterocycles. The van der Waals surface area contributed by atoms with Crippen molar-refractivity contribution in [2.45, 2.75) is 32.6 Å². The van der Waals surface area contributed by atoms with Crippen LogP contribution < -0.4 is 5.73 Å². The van der Waals surface area contributed by atoms with E-state index in [9.17, 15) is 10.1 Å². The van der Waals surface area contributed by atoms with Crippen molar-refractivity contribution < 1.29 is 4.92 Å². The van der Waals surface area contributed by atoms with E-state index < -0.39 is 4.92 Å². The van der Waals surface area contributed by atoms with E-state index in [1.54, 1.807) is 0 Å².